The number of hydrogen-bond acceptors (Lipinski definition) is 0. The van der Waals surface area contributed by atoms with Gasteiger partial charge in [0.05, 0.1) is 0 Å². The zero-order valence-electron chi connectivity index (χ0n) is 10.6. The van der Waals surface area contributed by atoms with Gasteiger partial charge in [-0.1, -0.05) is 68.7 Å². The van der Waals surface area contributed by atoms with Crippen LogP contribution in [0.5, 0.6) is 0 Å². The Balaban J connectivity index is 1.55. The van der Waals surface area contributed by atoms with Gasteiger partial charge in [0.2, 0.25) is 0 Å². The molecule has 2 rings (SSSR count). The molecule has 0 N–H and O–H groups in total. The molecule has 1 heteroatoms. The first-order chi connectivity index (χ1) is 8.34. The van der Waals surface area contributed by atoms with Crippen molar-refractivity contribution in [3.05, 3.63) is 34.9 Å². The molecule has 1 aliphatic carbocycles. The van der Waals surface area contributed by atoms with Gasteiger partial charge in [-0.2, -0.15) is 0 Å². The molecular weight excluding hydrogens is 228 g/mol. The Bertz CT molecular complexity index is 309. The summed E-state index contributed by atoms with van der Waals surface area (Å²) in [7, 11) is 0. The summed E-state index contributed by atoms with van der Waals surface area (Å²) >= 11 is 5.87. The van der Waals surface area contributed by atoms with Crippen LogP contribution in [0.4, 0.5) is 0 Å². The highest BCUT2D eigenvalue weighted by Crippen LogP contribution is 2.29. The highest BCUT2D eigenvalue weighted by atomic mass is 35.5. The molecular formula is C16H23Cl. The van der Waals surface area contributed by atoms with E-state index in [1.165, 1.54) is 63.4 Å². The second kappa shape index (κ2) is 7.06. The fourth-order valence-corrected chi connectivity index (χ4v) is 3.02. The van der Waals surface area contributed by atoms with Crippen molar-refractivity contribution in [3.63, 3.8) is 0 Å². The van der Waals surface area contributed by atoms with Crippen molar-refractivity contribution in [2.75, 3.05) is 0 Å². The molecule has 1 fully saturated rings. The second-order valence-corrected chi connectivity index (χ2v) is 5.81. The second-order valence-electron chi connectivity index (χ2n) is 5.38. The molecule has 94 valence electrons. The molecule has 0 aromatic heterocycles. The lowest BCUT2D eigenvalue weighted by Crippen LogP contribution is -1.93. The topological polar surface area (TPSA) is 0 Å². The van der Waals surface area contributed by atoms with E-state index in [1.54, 1.807) is 0 Å². The molecule has 0 atom stereocenters. The smallest absolute Gasteiger partial charge is 0.0406 e. The van der Waals surface area contributed by atoms with Gasteiger partial charge in [0.15, 0.2) is 0 Å². The summed E-state index contributed by atoms with van der Waals surface area (Å²) in [6.07, 6.45) is 12.8. The predicted octanol–water partition coefficient (Wildman–Crippen LogP) is 5.63. The first-order valence-electron chi connectivity index (χ1n) is 7.09. The van der Waals surface area contributed by atoms with Crippen LogP contribution in [0.1, 0.15) is 56.9 Å². The van der Waals surface area contributed by atoms with Gasteiger partial charge in [-0.15, -0.1) is 0 Å². The number of unbranched alkanes of at least 4 members (excludes halogenated alkanes) is 2. The summed E-state index contributed by atoms with van der Waals surface area (Å²) in [5.74, 6) is 1.06. The van der Waals surface area contributed by atoms with E-state index >= 15 is 0 Å². The Morgan fingerprint density at radius 2 is 1.65 bits per heavy atom. The van der Waals surface area contributed by atoms with Gasteiger partial charge in [-0.3, -0.25) is 0 Å². The first kappa shape index (κ1) is 13.0. The third kappa shape index (κ3) is 4.71. The number of rotatable bonds is 6. The van der Waals surface area contributed by atoms with Crippen molar-refractivity contribution >= 4 is 11.6 Å². The molecule has 17 heavy (non-hydrogen) atoms. The van der Waals surface area contributed by atoms with Crippen molar-refractivity contribution in [2.24, 2.45) is 5.92 Å². The monoisotopic (exact) mass is 250 g/mol. The van der Waals surface area contributed by atoms with Crippen LogP contribution in [0.15, 0.2) is 24.3 Å². The van der Waals surface area contributed by atoms with Crippen LogP contribution in [-0.4, -0.2) is 0 Å². The lowest BCUT2D eigenvalue weighted by molar-refractivity contribution is 0.468. The molecule has 0 spiro atoms. The summed E-state index contributed by atoms with van der Waals surface area (Å²) < 4.78 is 0. The van der Waals surface area contributed by atoms with E-state index in [-0.39, 0.29) is 0 Å². The van der Waals surface area contributed by atoms with Crippen molar-refractivity contribution in [2.45, 2.75) is 57.8 Å². The van der Waals surface area contributed by atoms with E-state index < -0.39 is 0 Å². The van der Waals surface area contributed by atoms with Crippen LogP contribution in [0.3, 0.4) is 0 Å². The number of hydrogen-bond donors (Lipinski definition) is 0. The van der Waals surface area contributed by atoms with E-state index in [2.05, 4.69) is 12.1 Å². The van der Waals surface area contributed by atoms with Crippen molar-refractivity contribution in [3.8, 4) is 0 Å². The van der Waals surface area contributed by atoms with Crippen LogP contribution < -0.4 is 0 Å². The molecule has 0 heterocycles. The van der Waals surface area contributed by atoms with Gasteiger partial charge in [-0.25, -0.2) is 0 Å². The van der Waals surface area contributed by atoms with E-state index in [4.69, 9.17) is 11.6 Å². The fraction of sp³-hybridized carbons (Fsp3) is 0.625. The molecule has 0 amide bonds. The number of halogens is 1. The minimum atomic E-state index is 0.843. The zero-order chi connectivity index (χ0) is 11.9. The third-order valence-corrected chi connectivity index (χ3v) is 4.22. The normalized spacial score (nSPS) is 16.5. The van der Waals surface area contributed by atoms with Gasteiger partial charge in [0.1, 0.15) is 0 Å². The van der Waals surface area contributed by atoms with E-state index in [0.717, 1.165) is 10.9 Å². The Morgan fingerprint density at radius 3 is 2.35 bits per heavy atom. The van der Waals surface area contributed by atoms with Gasteiger partial charge in [-0.05, 0) is 36.5 Å². The quantitative estimate of drug-likeness (QED) is 0.574. The Hall–Kier alpha value is -0.490. The van der Waals surface area contributed by atoms with Gasteiger partial charge in [0, 0.05) is 5.02 Å². The molecule has 0 nitrogen and oxygen atoms in total. The lowest BCUT2D eigenvalue weighted by atomic mass is 9.98. The Labute approximate surface area is 110 Å². The molecule has 0 aliphatic heterocycles. The van der Waals surface area contributed by atoms with E-state index in [0.29, 0.717) is 0 Å². The number of aryl methyl sites for hydroxylation is 1. The molecule has 0 unspecified atom stereocenters. The fourth-order valence-electron chi connectivity index (χ4n) is 2.89. The highest BCUT2D eigenvalue weighted by Gasteiger charge is 2.13. The molecule has 0 bridgehead atoms. The summed E-state index contributed by atoms with van der Waals surface area (Å²) in [5, 5.41) is 0.843. The standard InChI is InChI=1S/C16H23Cl/c17-16-12-10-15(11-13-16)7-3-1-2-6-14-8-4-5-9-14/h10-14H,1-9H2. The summed E-state index contributed by atoms with van der Waals surface area (Å²) in [6, 6.07) is 8.30. The van der Waals surface area contributed by atoms with Crippen molar-refractivity contribution in [1.29, 1.82) is 0 Å². The predicted molar refractivity (Wildman–Crippen MR) is 75.6 cm³/mol. The molecule has 1 aromatic rings. The van der Waals surface area contributed by atoms with Gasteiger partial charge in [0.25, 0.3) is 0 Å². The summed E-state index contributed by atoms with van der Waals surface area (Å²) in [4.78, 5) is 0. The average Bonchev–Trinajstić information content (AvgIpc) is 2.84. The van der Waals surface area contributed by atoms with Crippen LogP contribution in [0, 0.1) is 5.92 Å². The summed E-state index contributed by atoms with van der Waals surface area (Å²) in [5.41, 5.74) is 1.43. The van der Waals surface area contributed by atoms with Crippen LogP contribution in [-0.2, 0) is 6.42 Å². The van der Waals surface area contributed by atoms with E-state index in [9.17, 15) is 0 Å². The maximum absolute atomic E-state index is 5.87. The lowest BCUT2D eigenvalue weighted by Gasteiger charge is -2.08. The van der Waals surface area contributed by atoms with Crippen LogP contribution >= 0.6 is 11.6 Å². The highest BCUT2D eigenvalue weighted by molar-refractivity contribution is 6.30. The largest absolute Gasteiger partial charge is 0.0843 e. The average molecular weight is 251 g/mol. The van der Waals surface area contributed by atoms with E-state index in [1.807, 2.05) is 12.1 Å². The molecule has 1 aliphatic rings. The van der Waals surface area contributed by atoms with Crippen molar-refractivity contribution < 1.29 is 0 Å². The SMILES string of the molecule is Clc1ccc(CCCCCC2CCCC2)cc1. The molecule has 1 saturated carbocycles. The van der Waals surface area contributed by atoms with Crippen LogP contribution in [0.25, 0.3) is 0 Å². The number of benzene rings is 1. The maximum Gasteiger partial charge on any atom is 0.0406 e. The Kier molecular flexibility index (Phi) is 5.38. The van der Waals surface area contributed by atoms with Crippen molar-refractivity contribution in [1.82, 2.24) is 0 Å². The molecule has 1 aromatic carbocycles. The molecule has 0 saturated heterocycles. The van der Waals surface area contributed by atoms with Gasteiger partial charge >= 0.3 is 0 Å². The van der Waals surface area contributed by atoms with Gasteiger partial charge < -0.3 is 0 Å². The third-order valence-electron chi connectivity index (χ3n) is 3.97. The van der Waals surface area contributed by atoms with Crippen LogP contribution in [0.2, 0.25) is 5.02 Å². The minimum Gasteiger partial charge on any atom is -0.0843 e. The minimum absolute atomic E-state index is 0.843. The Morgan fingerprint density at radius 1 is 0.941 bits per heavy atom. The molecule has 0 radical (unpaired) electrons. The maximum atomic E-state index is 5.87. The first-order valence-corrected chi connectivity index (χ1v) is 7.47. The summed E-state index contributed by atoms with van der Waals surface area (Å²) in [6.45, 7) is 0. The zero-order valence-corrected chi connectivity index (χ0v) is 11.4.